The van der Waals surface area contributed by atoms with Crippen molar-refractivity contribution in [2.24, 2.45) is 0 Å². The predicted molar refractivity (Wildman–Crippen MR) is 45.7 cm³/mol. The maximum Gasteiger partial charge on any atom is 0.186 e. The number of ether oxygens (including phenoxy) is 2. The number of rotatable bonds is 5. The Balaban J connectivity index is 2.46. The van der Waals surface area contributed by atoms with Gasteiger partial charge in [0.05, 0.1) is 19.8 Å². The summed E-state index contributed by atoms with van der Waals surface area (Å²) in [6.45, 7) is -0.305. The van der Waals surface area contributed by atoms with Crippen molar-refractivity contribution in [2.75, 3.05) is 19.8 Å². The second-order valence-electron chi connectivity index (χ2n) is 3.29. The Morgan fingerprint density at radius 3 is 2.20 bits per heavy atom. The van der Waals surface area contributed by atoms with Crippen molar-refractivity contribution in [1.29, 1.82) is 0 Å². The summed E-state index contributed by atoms with van der Waals surface area (Å²) in [5.74, 6) is 0. The van der Waals surface area contributed by atoms with E-state index in [1.807, 2.05) is 0 Å². The fourth-order valence-electron chi connectivity index (χ4n) is 1.25. The lowest BCUT2D eigenvalue weighted by molar-refractivity contribution is -0.170. The molecule has 15 heavy (non-hydrogen) atoms. The zero-order valence-corrected chi connectivity index (χ0v) is 7.99. The Morgan fingerprint density at radius 1 is 1.20 bits per heavy atom. The summed E-state index contributed by atoms with van der Waals surface area (Å²) in [5.41, 5.74) is 0. The van der Waals surface area contributed by atoms with Crippen LogP contribution in [0.3, 0.4) is 0 Å². The summed E-state index contributed by atoms with van der Waals surface area (Å²) in [4.78, 5) is 0. The van der Waals surface area contributed by atoms with Crippen LogP contribution in [-0.4, -0.2) is 71.0 Å². The van der Waals surface area contributed by atoms with Gasteiger partial charge in [0.25, 0.3) is 0 Å². The predicted octanol–water partition coefficient (Wildman–Crippen LogP) is -2.23. The molecule has 0 saturated carbocycles. The molecule has 1 rings (SSSR count). The highest BCUT2D eigenvalue weighted by atomic mass is 19.1. The average Bonchev–Trinajstić information content (AvgIpc) is 2.78. The van der Waals surface area contributed by atoms with Crippen molar-refractivity contribution < 1.29 is 34.3 Å². The van der Waals surface area contributed by atoms with Gasteiger partial charge < -0.3 is 29.9 Å². The molecule has 1 saturated heterocycles. The van der Waals surface area contributed by atoms with Gasteiger partial charge in [0.2, 0.25) is 0 Å². The third kappa shape index (κ3) is 3.07. The van der Waals surface area contributed by atoms with Crippen LogP contribution in [0.2, 0.25) is 0 Å². The number of aliphatic hydroxyl groups excluding tert-OH is 4. The SMILES string of the molecule is OC[C@@H](O)[C@@H](O)[C@H](F)[C@H](O)C1OCCO1. The van der Waals surface area contributed by atoms with Crippen LogP contribution in [0.25, 0.3) is 0 Å². The van der Waals surface area contributed by atoms with E-state index in [2.05, 4.69) is 0 Å². The van der Waals surface area contributed by atoms with Crippen LogP contribution in [0.5, 0.6) is 0 Å². The molecule has 0 aromatic carbocycles. The summed E-state index contributed by atoms with van der Waals surface area (Å²) >= 11 is 0. The van der Waals surface area contributed by atoms with Crippen LogP contribution in [0.1, 0.15) is 0 Å². The molecule has 0 unspecified atom stereocenters. The fourth-order valence-corrected chi connectivity index (χ4v) is 1.25. The van der Waals surface area contributed by atoms with E-state index in [9.17, 15) is 9.50 Å². The standard InChI is InChI=1S/C8H15FO6/c9-5(6(12)4(11)3-10)7(13)8-14-1-2-15-8/h4-8,10-13H,1-3H2/t4-,5+,6-,7+/m1/s1. The number of halogens is 1. The first-order valence-corrected chi connectivity index (χ1v) is 4.60. The van der Waals surface area contributed by atoms with E-state index in [-0.39, 0.29) is 13.2 Å². The van der Waals surface area contributed by atoms with Crippen molar-refractivity contribution in [3.8, 4) is 0 Å². The maximum absolute atomic E-state index is 13.3. The van der Waals surface area contributed by atoms with Gasteiger partial charge in [-0.2, -0.15) is 0 Å². The minimum atomic E-state index is -2.14. The van der Waals surface area contributed by atoms with E-state index in [1.165, 1.54) is 0 Å². The lowest BCUT2D eigenvalue weighted by Crippen LogP contribution is -2.47. The fraction of sp³-hybridized carbons (Fsp3) is 1.00. The Hall–Kier alpha value is -0.310. The van der Waals surface area contributed by atoms with Crippen molar-refractivity contribution in [3.05, 3.63) is 0 Å². The van der Waals surface area contributed by atoms with E-state index >= 15 is 0 Å². The van der Waals surface area contributed by atoms with Gasteiger partial charge in [0.15, 0.2) is 12.5 Å². The molecule has 1 aliphatic heterocycles. The summed E-state index contributed by atoms with van der Waals surface area (Å²) in [7, 11) is 0. The zero-order chi connectivity index (χ0) is 11.4. The van der Waals surface area contributed by atoms with Gasteiger partial charge >= 0.3 is 0 Å². The summed E-state index contributed by atoms with van der Waals surface area (Å²) in [6, 6.07) is 0. The van der Waals surface area contributed by atoms with Gasteiger partial charge in [0.1, 0.15) is 18.3 Å². The van der Waals surface area contributed by atoms with E-state index in [0.29, 0.717) is 0 Å². The van der Waals surface area contributed by atoms with Gasteiger partial charge in [0, 0.05) is 0 Å². The molecule has 0 bridgehead atoms. The molecular weight excluding hydrogens is 211 g/mol. The van der Waals surface area contributed by atoms with Crippen molar-refractivity contribution >= 4 is 0 Å². The molecule has 0 aliphatic carbocycles. The van der Waals surface area contributed by atoms with Crippen LogP contribution >= 0.6 is 0 Å². The quantitative estimate of drug-likeness (QED) is 0.423. The second kappa shape index (κ2) is 5.69. The third-order valence-electron chi connectivity index (χ3n) is 2.16. The molecule has 7 heteroatoms. The van der Waals surface area contributed by atoms with Crippen LogP contribution in [0.4, 0.5) is 4.39 Å². The smallest absolute Gasteiger partial charge is 0.186 e. The minimum Gasteiger partial charge on any atom is -0.394 e. The van der Waals surface area contributed by atoms with Gasteiger partial charge in [-0.25, -0.2) is 4.39 Å². The lowest BCUT2D eigenvalue weighted by atomic mass is 10.0. The molecule has 1 fully saturated rings. The van der Waals surface area contributed by atoms with Crippen molar-refractivity contribution in [1.82, 2.24) is 0 Å². The summed E-state index contributed by atoms with van der Waals surface area (Å²) < 4.78 is 23.0. The normalized spacial score (nSPS) is 26.2. The van der Waals surface area contributed by atoms with Crippen molar-refractivity contribution in [3.63, 3.8) is 0 Å². The van der Waals surface area contributed by atoms with Crippen LogP contribution in [-0.2, 0) is 9.47 Å². The maximum atomic E-state index is 13.3. The van der Waals surface area contributed by atoms with E-state index in [0.717, 1.165) is 0 Å². The van der Waals surface area contributed by atoms with E-state index in [1.54, 1.807) is 0 Å². The van der Waals surface area contributed by atoms with E-state index < -0.39 is 37.4 Å². The van der Waals surface area contributed by atoms with E-state index in [4.69, 9.17) is 24.8 Å². The van der Waals surface area contributed by atoms with Crippen LogP contribution in [0, 0.1) is 0 Å². The summed E-state index contributed by atoms with van der Waals surface area (Å²) in [5, 5.41) is 36.0. The number of aliphatic hydroxyl groups is 4. The molecule has 4 N–H and O–H groups in total. The molecule has 6 nitrogen and oxygen atoms in total. The highest BCUT2D eigenvalue weighted by Crippen LogP contribution is 2.17. The molecule has 0 radical (unpaired) electrons. The molecule has 4 atom stereocenters. The minimum absolute atomic E-state index is 0.243. The van der Waals surface area contributed by atoms with Gasteiger partial charge in [-0.15, -0.1) is 0 Å². The first kappa shape index (κ1) is 12.8. The largest absolute Gasteiger partial charge is 0.394 e. The number of hydrogen-bond acceptors (Lipinski definition) is 6. The molecular formula is C8H15FO6. The van der Waals surface area contributed by atoms with Gasteiger partial charge in [-0.1, -0.05) is 0 Å². The molecule has 0 spiro atoms. The zero-order valence-electron chi connectivity index (χ0n) is 7.99. The first-order valence-electron chi connectivity index (χ1n) is 4.60. The Bertz CT molecular complexity index is 186. The number of alkyl halides is 1. The molecule has 0 aromatic rings. The lowest BCUT2D eigenvalue weighted by Gasteiger charge is -2.26. The monoisotopic (exact) mass is 226 g/mol. The second-order valence-corrected chi connectivity index (χ2v) is 3.29. The molecule has 0 amide bonds. The van der Waals surface area contributed by atoms with Gasteiger partial charge in [-0.3, -0.25) is 0 Å². The van der Waals surface area contributed by atoms with Crippen molar-refractivity contribution in [2.45, 2.75) is 30.8 Å². The first-order chi connectivity index (χ1) is 7.07. The third-order valence-corrected chi connectivity index (χ3v) is 2.16. The van der Waals surface area contributed by atoms with Gasteiger partial charge in [-0.05, 0) is 0 Å². The Kier molecular flexibility index (Phi) is 4.84. The summed E-state index contributed by atoms with van der Waals surface area (Å²) in [6.07, 6.45) is -8.49. The number of hydrogen-bond donors (Lipinski definition) is 4. The molecule has 1 aliphatic rings. The highest BCUT2D eigenvalue weighted by molar-refractivity contribution is 4.83. The topological polar surface area (TPSA) is 99.4 Å². The molecule has 0 aromatic heterocycles. The van der Waals surface area contributed by atoms with Crippen LogP contribution in [0.15, 0.2) is 0 Å². The molecule has 1 heterocycles. The highest BCUT2D eigenvalue weighted by Gasteiger charge is 2.38. The van der Waals surface area contributed by atoms with Crippen LogP contribution < -0.4 is 0 Å². The Morgan fingerprint density at radius 2 is 1.73 bits per heavy atom. The average molecular weight is 226 g/mol. The Labute approximate surface area is 85.9 Å². The molecule has 90 valence electrons.